The topological polar surface area (TPSA) is 32.7 Å². The fourth-order valence-corrected chi connectivity index (χ4v) is 2.52. The first kappa shape index (κ1) is 12.2. The summed E-state index contributed by atoms with van der Waals surface area (Å²) < 4.78 is 5.14. The van der Waals surface area contributed by atoms with Crippen LogP contribution in [0.3, 0.4) is 0 Å². The molecule has 3 nitrogen and oxygen atoms in total. The molecule has 2 rings (SSSR count). The van der Waals surface area contributed by atoms with Crippen molar-refractivity contribution in [3.63, 3.8) is 0 Å². The highest BCUT2D eigenvalue weighted by molar-refractivity contribution is 5.48. The number of ether oxygens (including phenoxy) is 1. The maximum Gasteiger partial charge on any atom is 0.119 e. The van der Waals surface area contributed by atoms with Crippen LogP contribution in [0.1, 0.15) is 19.3 Å². The maximum atomic E-state index is 9.82. The first-order valence-corrected chi connectivity index (χ1v) is 6.24. The second-order valence-electron chi connectivity index (χ2n) is 4.84. The highest BCUT2D eigenvalue weighted by Crippen LogP contribution is 2.28. The van der Waals surface area contributed by atoms with Crippen molar-refractivity contribution in [2.75, 3.05) is 25.6 Å². The summed E-state index contributed by atoms with van der Waals surface area (Å²) in [6.45, 7) is 0.924. The third-order valence-electron chi connectivity index (χ3n) is 3.64. The molecule has 1 aromatic rings. The minimum absolute atomic E-state index is 0.115. The lowest BCUT2D eigenvalue weighted by Crippen LogP contribution is -2.29. The molecule has 17 heavy (non-hydrogen) atoms. The molecule has 3 heteroatoms. The third-order valence-corrected chi connectivity index (χ3v) is 3.64. The van der Waals surface area contributed by atoms with E-state index in [1.165, 1.54) is 5.69 Å². The average molecular weight is 235 g/mol. The number of aliphatic hydroxyl groups excluding tert-OH is 1. The van der Waals surface area contributed by atoms with Gasteiger partial charge >= 0.3 is 0 Å². The number of rotatable bonds is 4. The summed E-state index contributed by atoms with van der Waals surface area (Å²) in [6, 6.07) is 8.05. The number of anilines is 1. The number of hydrogen-bond acceptors (Lipinski definition) is 3. The molecule has 0 amide bonds. The minimum atomic E-state index is -0.115. The Labute approximate surface area is 103 Å². The largest absolute Gasteiger partial charge is 0.497 e. The molecular formula is C14H21NO2. The third kappa shape index (κ3) is 2.91. The zero-order valence-electron chi connectivity index (χ0n) is 10.6. The molecule has 1 aliphatic carbocycles. The van der Waals surface area contributed by atoms with Gasteiger partial charge in [-0.3, -0.25) is 0 Å². The Morgan fingerprint density at radius 1 is 1.29 bits per heavy atom. The van der Waals surface area contributed by atoms with E-state index in [9.17, 15) is 5.11 Å². The van der Waals surface area contributed by atoms with Gasteiger partial charge in [0.15, 0.2) is 0 Å². The zero-order chi connectivity index (χ0) is 12.3. The quantitative estimate of drug-likeness (QED) is 0.869. The maximum absolute atomic E-state index is 9.82. The van der Waals surface area contributed by atoms with Crippen molar-refractivity contribution in [3.05, 3.63) is 24.3 Å². The Bertz CT molecular complexity index is 350. The van der Waals surface area contributed by atoms with Crippen molar-refractivity contribution >= 4 is 5.69 Å². The van der Waals surface area contributed by atoms with Gasteiger partial charge in [0.1, 0.15) is 5.75 Å². The molecule has 1 N–H and O–H groups in total. The van der Waals surface area contributed by atoms with Crippen molar-refractivity contribution < 1.29 is 9.84 Å². The van der Waals surface area contributed by atoms with E-state index in [0.29, 0.717) is 5.92 Å². The molecule has 0 spiro atoms. The normalized spacial score (nSPS) is 23.7. The average Bonchev–Trinajstić information content (AvgIpc) is 2.75. The van der Waals surface area contributed by atoms with Crippen molar-refractivity contribution in [2.24, 2.45) is 5.92 Å². The Hall–Kier alpha value is -1.22. The van der Waals surface area contributed by atoms with Gasteiger partial charge in [0.25, 0.3) is 0 Å². The van der Waals surface area contributed by atoms with Crippen LogP contribution in [0, 0.1) is 5.92 Å². The molecule has 2 atom stereocenters. The predicted molar refractivity (Wildman–Crippen MR) is 69.6 cm³/mol. The summed E-state index contributed by atoms with van der Waals surface area (Å²) in [5.74, 6) is 1.30. The van der Waals surface area contributed by atoms with Crippen LogP contribution in [-0.4, -0.2) is 31.9 Å². The highest BCUT2D eigenvalue weighted by atomic mass is 16.5. The molecule has 1 fully saturated rings. The predicted octanol–water partition coefficient (Wildman–Crippen LogP) is 2.29. The first-order chi connectivity index (χ1) is 8.20. The SMILES string of the molecule is COc1ccc(N(C)CC2CCCC2O)cc1. The van der Waals surface area contributed by atoms with Crippen LogP contribution < -0.4 is 9.64 Å². The smallest absolute Gasteiger partial charge is 0.119 e. The molecular weight excluding hydrogens is 214 g/mol. The monoisotopic (exact) mass is 235 g/mol. The van der Waals surface area contributed by atoms with E-state index in [-0.39, 0.29) is 6.10 Å². The second-order valence-corrected chi connectivity index (χ2v) is 4.84. The molecule has 1 saturated carbocycles. The van der Waals surface area contributed by atoms with Gasteiger partial charge in [-0.25, -0.2) is 0 Å². The Kier molecular flexibility index (Phi) is 3.89. The summed E-state index contributed by atoms with van der Waals surface area (Å²) >= 11 is 0. The van der Waals surface area contributed by atoms with Crippen LogP contribution in [-0.2, 0) is 0 Å². The summed E-state index contributed by atoms with van der Waals surface area (Å²) in [7, 11) is 3.75. The van der Waals surface area contributed by atoms with E-state index < -0.39 is 0 Å². The first-order valence-electron chi connectivity index (χ1n) is 6.24. The zero-order valence-corrected chi connectivity index (χ0v) is 10.6. The fourth-order valence-electron chi connectivity index (χ4n) is 2.52. The van der Waals surface area contributed by atoms with Crippen LogP contribution in [0.5, 0.6) is 5.75 Å². The molecule has 1 aromatic carbocycles. The van der Waals surface area contributed by atoms with Crippen LogP contribution >= 0.6 is 0 Å². The molecule has 0 radical (unpaired) electrons. The summed E-state index contributed by atoms with van der Waals surface area (Å²) in [5, 5.41) is 9.82. The van der Waals surface area contributed by atoms with E-state index >= 15 is 0 Å². The number of methoxy groups -OCH3 is 1. The molecule has 2 unspecified atom stereocenters. The molecule has 0 aliphatic heterocycles. The lowest BCUT2D eigenvalue weighted by Gasteiger charge is -2.25. The van der Waals surface area contributed by atoms with Crippen molar-refractivity contribution in [2.45, 2.75) is 25.4 Å². The van der Waals surface area contributed by atoms with Crippen LogP contribution in [0.15, 0.2) is 24.3 Å². The molecule has 1 aliphatic rings. The Balaban J connectivity index is 1.96. The molecule has 0 bridgehead atoms. The van der Waals surface area contributed by atoms with E-state index in [4.69, 9.17) is 4.74 Å². The standard InChI is InChI=1S/C14H21NO2/c1-15(10-11-4-3-5-14(11)16)12-6-8-13(17-2)9-7-12/h6-9,11,14,16H,3-5,10H2,1-2H3. The number of hydrogen-bond donors (Lipinski definition) is 1. The van der Waals surface area contributed by atoms with Gasteiger partial charge in [0.05, 0.1) is 13.2 Å². The van der Waals surface area contributed by atoms with Gasteiger partial charge in [0, 0.05) is 25.2 Å². The van der Waals surface area contributed by atoms with E-state index in [1.807, 2.05) is 12.1 Å². The number of aliphatic hydroxyl groups is 1. The van der Waals surface area contributed by atoms with Crippen LogP contribution in [0.4, 0.5) is 5.69 Å². The van der Waals surface area contributed by atoms with Gasteiger partial charge in [-0.15, -0.1) is 0 Å². The van der Waals surface area contributed by atoms with Crippen LogP contribution in [0.25, 0.3) is 0 Å². The van der Waals surface area contributed by atoms with Crippen LogP contribution in [0.2, 0.25) is 0 Å². The minimum Gasteiger partial charge on any atom is -0.497 e. The number of benzene rings is 1. The fraction of sp³-hybridized carbons (Fsp3) is 0.571. The molecule has 0 saturated heterocycles. The Morgan fingerprint density at radius 2 is 2.00 bits per heavy atom. The van der Waals surface area contributed by atoms with Gasteiger partial charge < -0.3 is 14.7 Å². The van der Waals surface area contributed by atoms with E-state index in [0.717, 1.165) is 31.6 Å². The van der Waals surface area contributed by atoms with Gasteiger partial charge in [-0.1, -0.05) is 6.42 Å². The highest BCUT2D eigenvalue weighted by Gasteiger charge is 2.26. The number of nitrogens with zero attached hydrogens (tertiary/aromatic N) is 1. The lowest BCUT2D eigenvalue weighted by atomic mass is 10.1. The van der Waals surface area contributed by atoms with Gasteiger partial charge in [-0.2, -0.15) is 0 Å². The Morgan fingerprint density at radius 3 is 2.53 bits per heavy atom. The molecule has 94 valence electrons. The van der Waals surface area contributed by atoms with Gasteiger partial charge in [0.2, 0.25) is 0 Å². The van der Waals surface area contributed by atoms with E-state index in [1.54, 1.807) is 7.11 Å². The van der Waals surface area contributed by atoms with Crippen molar-refractivity contribution in [1.82, 2.24) is 0 Å². The molecule has 0 heterocycles. The second kappa shape index (κ2) is 5.41. The van der Waals surface area contributed by atoms with Crippen molar-refractivity contribution in [3.8, 4) is 5.75 Å². The van der Waals surface area contributed by atoms with Crippen molar-refractivity contribution in [1.29, 1.82) is 0 Å². The molecule has 0 aromatic heterocycles. The van der Waals surface area contributed by atoms with Gasteiger partial charge in [-0.05, 0) is 37.1 Å². The van der Waals surface area contributed by atoms with E-state index in [2.05, 4.69) is 24.1 Å². The lowest BCUT2D eigenvalue weighted by molar-refractivity contribution is 0.136. The summed E-state index contributed by atoms with van der Waals surface area (Å²) in [6.07, 6.45) is 3.14. The summed E-state index contributed by atoms with van der Waals surface area (Å²) in [5.41, 5.74) is 1.17. The summed E-state index contributed by atoms with van der Waals surface area (Å²) in [4.78, 5) is 2.21.